The Bertz CT molecular complexity index is 131. The van der Waals surface area contributed by atoms with E-state index in [4.69, 9.17) is 0 Å². The van der Waals surface area contributed by atoms with Crippen LogP contribution in [0.25, 0.3) is 0 Å². The fraction of sp³-hybridized carbons (Fsp3) is 1.00. The van der Waals surface area contributed by atoms with Gasteiger partial charge in [0, 0.05) is 0 Å². The molecule has 5 heteroatoms. The standard InChI is InChI=1S/C16H36N.4ClH/c1-5-9-13-17(14-10-6-2,15-11-7-3)16-12-8-4;;;;/h5-16H2,1-4H3;4*1H/q+1;;;;. The van der Waals surface area contributed by atoms with E-state index in [0.29, 0.717) is 0 Å². The van der Waals surface area contributed by atoms with E-state index in [-0.39, 0.29) is 49.6 Å². The molecule has 0 aliphatic carbocycles. The second-order valence-electron chi connectivity index (χ2n) is 5.65. The summed E-state index contributed by atoms with van der Waals surface area (Å²) >= 11 is 0. The molecule has 0 aromatic rings. The van der Waals surface area contributed by atoms with E-state index < -0.39 is 0 Å². The first-order chi connectivity index (χ1) is 8.24. The Labute approximate surface area is 159 Å². The fourth-order valence-corrected chi connectivity index (χ4v) is 2.64. The molecule has 0 aliphatic heterocycles. The summed E-state index contributed by atoms with van der Waals surface area (Å²) < 4.78 is 1.42. The Morgan fingerprint density at radius 1 is 0.429 bits per heavy atom. The number of halogens is 4. The van der Waals surface area contributed by atoms with Gasteiger partial charge < -0.3 is 4.48 Å². The lowest BCUT2D eigenvalue weighted by Gasteiger charge is -2.39. The van der Waals surface area contributed by atoms with Crippen LogP contribution >= 0.6 is 49.6 Å². The van der Waals surface area contributed by atoms with Crippen LogP contribution in [0.4, 0.5) is 0 Å². The summed E-state index contributed by atoms with van der Waals surface area (Å²) in [6, 6.07) is 0. The van der Waals surface area contributed by atoms with E-state index in [1.165, 1.54) is 82.0 Å². The van der Waals surface area contributed by atoms with Crippen molar-refractivity contribution in [3.63, 3.8) is 0 Å². The minimum Gasteiger partial charge on any atom is -0.324 e. The lowest BCUT2D eigenvalue weighted by Crippen LogP contribution is -2.50. The molecule has 0 radical (unpaired) electrons. The molecule has 0 aliphatic rings. The zero-order valence-corrected chi connectivity index (χ0v) is 17.8. The van der Waals surface area contributed by atoms with Gasteiger partial charge in [0.1, 0.15) is 0 Å². The summed E-state index contributed by atoms with van der Waals surface area (Å²) in [6.45, 7) is 15.0. The average molecular weight is 388 g/mol. The molecule has 0 N–H and O–H groups in total. The number of unbranched alkanes of at least 4 members (excludes halogenated alkanes) is 4. The SMILES string of the molecule is CCCC[N+](CCCC)(CCCC)CCCC.Cl.Cl.Cl.Cl. The third kappa shape index (κ3) is 17.3. The van der Waals surface area contributed by atoms with Crippen molar-refractivity contribution >= 4 is 49.6 Å². The maximum absolute atomic E-state index is 2.33. The second kappa shape index (κ2) is 23.4. The largest absolute Gasteiger partial charge is 0.324 e. The molecule has 0 amide bonds. The highest BCUT2D eigenvalue weighted by atomic mass is 35.5. The lowest BCUT2D eigenvalue weighted by molar-refractivity contribution is -0.929. The summed E-state index contributed by atoms with van der Waals surface area (Å²) in [4.78, 5) is 0. The lowest BCUT2D eigenvalue weighted by atomic mass is 10.1. The zero-order valence-electron chi connectivity index (χ0n) is 14.6. The van der Waals surface area contributed by atoms with Crippen molar-refractivity contribution in [2.24, 2.45) is 0 Å². The quantitative estimate of drug-likeness (QED) is 0.327. The van der Waals surface area contributed by atoms with Gasteiger partial charge in [-0.15, -0.1) is 49.6 Å². The van der Waals surface area contributed by atoms with Crippen molar-refractivity contribution in [3.8, 4) is 0 Å². The van der Waals surface area contributed by atoms with Gasteiger partial charge in [0.2, 0.25) is 0 Å². The molecule has 0 spiro atoms. The van der Waals surface area contributed by atoms with Gasteiger partial charge in [0.05, 0.1) is 26.2 Å². The molecule has 21 heavy (non-hydrogen) atoms. The molecule has 1 nitrogen and oxygen atoms in total. The third-order valence-corrected chi connectivity index (χ3v) is 3.94. The van der Waals surface area contributed by atoms with Crippen molar-refractivity contribution < 1.29 is 4.48 Å². The summed E-state index contributed by atoms with van der Waals surface area (Å²) in [6.07, 6.45) is 11.1. The number of quaternary nitrogens is 1. The topological polar surface area (TPSA) is 0 Å². The van der Waals surface area contributed by atoms with Crippen LogP contribution in [0.3, 0.4) is 0 Å². The Morgan fingerprint density at radius 2 is 0.619 bits per heavy atom. The Morgan fingerprint density at radius 3 is 0.762 bits per heavy atom. The number of nitrogens with zero attached hydrogens (tertiary/aromatic N) is 1. The van der Waals surface area contributed by atoms with Crippen LogP contribution in [0.15, 0.2) is 0 Å². The molecule has 0 aromatic heterocycles. The predicted octanol–water partition coefficient (Wildman–Crippen LogP) is 6.69. The van der Waals surface area contributed by atoms with Crippen LogP contribution in [-0.4, -0.2) is 30.7 Å². The highest BCUT2D eigenvalue weighted by molar-refractivity contribution is 5.86. The van der Waals surface area contributed by atoms with Gasteiger partial charge in [0.15, 0.2) is 0 Å². The van der Waals surface area contributed by atoms with Crippen molar-refractivity contribution in [1.82, 2.24) is 0 Å². The van der Waals surface area contributed by atoms with Gasteiger partial charge in [-0.1, -0.05) is 53.4 Å². The van der Waals surface area contributed by atoms with E-state index in [1.807, 2.05) is 0 Å². The van der Waals surface area contributed by atoms with Crippen LogP contribution in [0.5, 0.6) is 0 Å². The maximum Gasteiger partial charge on any atom is 0.0786 e. The van der Waals surface area contributed by atoms with Crippen molar-refractivity contribution in [2.75, 3.05) is 26.2 Å². The fourth-order valence-electron chi connectivity index (χ4n) is 2.64. The van der Waals surface area contributed by atoms with Gasteiger partial charge in [-0.2, -0.15) is 0 Å². The average Bonchev–Trinajstić information content (AvgIpc) is 2.37. The molecule has 0 saturated heterocycles. The van der Waals surface area contributed by atoms with E-state index in [2.05, 4.69) is 27.7 Å². The molecule has 0 fully saturated rings. The molecule has 0 atom stereocenters. The first kappa shape index (κ1) is 33.7. The van der Waals surface area contributed by atoms with Gasteiger partial charge in [-0.05, 0) is 25.7 Å². The molecule has 0 unspecified atom stereocenters. The molecule has 0 bridgehead atoms. The van der Waals surface area contributed by atoms with Crippen LogP contribution in [0, 0.1) is 0 Å². The van der Waals surface area contributed by atoms with Gasteiger partial charge in [-0.25, -0.2) is 0 Å². The third-order valence-electron chi connectivity index (χ3n) is 3.94. The van der Waals surface area contributed by atoms with Crippen LogP contribution in [-0.2, 0) is 0 Å². The van der Waals surface area contributed by atoms with Gasteiger partial charge >= 0.3 is 0 Å². The summed E-state index contributed by atoms with van der Waals surface area (Å²) in [5.41, 5.74) is 0. The molecule has 136 valence electrons. The minimum absolute atomic E-state index is 0. The monoisotopic (exact) mass is 386 g/mol. The van der Waals surface area contributed by atoms with Crippen LogP contribution in [0.1, 0.15) is 79.1 Å². The van der Waals surface area contributed by atoms with Crippen molar-refractivity contribution in [1.29, 1.82) is 0 Å². The second-order valence-corrected chi connectivity index (χ2v) is 5.65. The van der Waals surface area contributed by atoms with E-state index in [0.717, 1.165) is 0 Å². The Hall–Kier alpha value is 1.12. The molecule has 0 rings (SSSR count). The van der Waals surface area contributed by atoms with Crippen molar-refractivity contribution in [3.05, 3.63) is 0 Å². The van der Waals surface area contributed by atoms with E-state index >= 15 is 0 Å². The molecule has 0 saturated carbocycles. The highest BCUT2D eigenvalue weighted by Crippen LogP contribution is 2.16. The van der Waals surface area contributed by atoms with Gasteiger partial charge in [0.25, 0.3) is 0 Å². The molecular formula is C16H40Cl4N+. The predicted molar refractivity (Wildman–Crippen MR) is 108 cm³/mol. The van der Waals surface area contributed by atoms with E-state index in [9.17, 15) is 0 Å². The minimum atomic E-state index is 0. The van der Waals surface area contributed by atoms with Crippen LogP contribution in [0.2, 0.25) is 0 Å². The first-order valence-corrected chi connectivity index (χ1v) is 8.09. The molecule has 0 aromatic carbocycles. The zero-order chi connectivity index (χ0) is 13.0. The molecule has 0 heterocycles. The maximum atomic E-state index is 2.33. The summed E-state index contributed by atoms with van der Waals surface area (Å²) in [5, 5.41) is 0. The van der Waals surface area contributed by atoms with Gasteiger partial charge in [-0.3, -0.25) is 0 Å². The number of hydrogen-bond donors (Lipinski definition) is 0. The van der Waals surface area contributed by atoms with Crippen LogP contribution < -0.4 is 0 Å². The normalized spacial score (nSPS) is 9.71. The first-order valence-electron chi connectivity index (χ1n) is 8.09. The van der Waals surface area contributed by atoms with Crippen molar-refractivity contribution in [2.45, 2.75) is 79.1 Å². The number of rotatable bonds is 12. The Balaban J connectivity index is -0.000000213. The summed E-state index contributed by atoms with van der Waals surface area (Å²) in [5.74, 6) is 0. The Kier molecular flexibility index (Phi) is 37.5. The number of hydrogen-bond acceptors (Lipinski definition) is 0. The molecular weight excluding hydrogens is 348 g/mol. The van der Waals surface area contributed by atoms with E-state index in [1.54, 1.807) is 0 Å². The smallest absolute Gasteiger partial charge is 0.0786 e. The highest BCUT2D eigenvalue weighted by Gasteiger charge is 2.24. The summed E-state index contributed by atoms with van der Waals surface area (Å²) in [7, 11) is 0.